The smallest absolute Gasteiger partial charge is 0.406 e. The number of nitrogens with zero attached hydrogens (tertiary/aromatic N) is 2. The Kier molecular flexibility index (Phi) is 11.9. The number of Topliss-reactive ketones (excluding diaryl/α,β-unsaturated/α-hetero) is 1. The molecule has 13 nitrogen and oxygen atoms in total. The van der Waals surface area contributed by atoms with E-state index in [1.807, 2.05) is 0 Å². The molecule has 0 aliphatic carbocycles. The summed E-state index contributed by atoms with van der Waals surface area (Å²) >= 11 is 1.03. The zero-order valence-corrected chi connectivity index (χ0v) is 25.1. The summed E-state index contributed by atoms with van der Waals surface area (Å²) in [6, 6.07) is 0.381. The van der Waals surface area contributed by atoms with Crippen LogP contribution in [0.2, 0.25) is 0 Å². The van der Waals surface area contributed by atoms with Gasteiger partial charge in [0.15, 0.2) is 5.12 Å². The first-order chi connectivity index (χ1) is 18.0. The molecule has 2 heterocycles. The third-order valence-corrected chi connectivity index (χ3v) is 8.54. The molecule has 0 saturated carbocycles. The van der Waals surface area contributed by atoms with Crippen molar-refractivity contribution in [1.29, 1.82) is 0 Å². The van der Waals surface area contributed by atoms with Crippen LogP contribution in [0, 0.1) is 11.3 Å². The number of carbonyl (C=O) groups is 3. The van der Waals surface area contributed by atoms with Crippen molar-refractivity contribution in [3.8, 4) is 0 Å². The topological polar surface area (TPSA) is 178 Å². The van der Waals surface area contributed by atoms with Crippen molar-refractivity contribution in [2.24, 2.45) is 11.3 Å². The molecule has 1 saturated heterocycles. The lowest BCUT2D eigenvalue weighted by Crippen LogP contribution is -2.37. The first kappa shape index (κ1) is 33.1. The molecule has 1 aliphatic heterocycles. The van der Waals surface area contributed by atoms with Gasteiger partial charge in [0.1, 0.15) is 23.9 Å². The Bertz CT molecular complexity index is 1140. The van der Waals surface area contributed by atoms with Gasteiger partial charge in [-0.3, -0.25) is 28.0 Å². The van der Waals surface area contributed by atoms with Crippen LogP contribution in [0.4, 0.5) is 5.82 Å². The molecule has 5 atom stereocenters. The van der Waals surface area contributed by atoms with Crippen molar-refractivity contribution < 1.29 is 37.5 Å². The Morgan fingerprint density at radius 3 is 2.51 bits per heavy atom. The number of thioether (sulfide) groups is 1. The molecule has 0 spiro atoms. The monoisotopic (exact) mass is 590 g/mol. The number of hydrogen-bond acceptors (Lipinski definition) is 12. The normalized spacial score (nSPS) is 21.9. The van der Waals surface area contributed by atoms with Crippen LogP contribution < -0.4 is 16.5 Å². The summed E-state index contributed by atoms with van der Waals surface area (Å²) in [5.41, 5.74) is 4.36. The summed E-state index contributed by atoms with van der Waals surface area (Å²) in [4.78, 5) is 52.8. The van der Waals surface area contributed by atoms with Crippen LogP contribution in [-0.4, -0.2) is 63.6 Å². The van der Waals surface area contributed by atoms with Crippen LogP contribution in [0.1, 0.15) is 61.1 Å². The van der Waals surface area contributed by atoms with E-state index in [-0.39, 0.29) is 42.1 Å². The maximum Gasteiger partial charge on any atom is 0.406 e. The largest absolute Gasteiger partial charge is 0.462 e. The van der Waals surface area contributed by atoms with E-state index >= 15 is 0 Å². The predicted molar refractivity (Wildman–Crippen MR) is 146 cm³/mol. The molecule has 2 rings (SSSR count). The minimum Gasteiger partial charge on any atom is -0.462 e. The van der Waals surface area contributed by atoms with Gasteiger partial charge in [0.25, 0.3) is 0 Å². The number of rotatable bonds is 13. The van der Waals surface area contributed by atoms with Crippen LogP contribution in [0.3, 0.4) is 0 Å². The summed E-state index contributed by atoms with van der Waals surface area (Å²) < 4.78 is 37.1. The summed E-state index contributed by atoms with van der Waals surface area (Å²) in [6.07, 6.45) is -0.499. The number of carbonyl (C=O) groups excluding carboxylic acids is 3. The number of anilines is 1. The molecule has 0 bridgehead atoms. The fraction of sp³-hybridized carbons (Fsp3) is 0.708. The molecule has 220 valence electrons. The van der Waals surface area contributed by atoms with Gasteiger partial charge in [-0.05, 0) is 33.8 Å². The van der Waals surface area contributed by atoms with Gasteiger partial charge in [-0.15, -0.1) is 0 Å². The van der Waals surface area contributed by atoms with Crippen LogP contribution >= 0.6 is 19.5 Å². The highest BCUT2D eigenvalue weighted by molar-refractivity contribution is 8.13. The average Bonchev–Trinajstić information content (AvgIpc) is 3.24. The zero-order chi connectivity index (χ0) is 29.5. The Hall–Kier alpha value is -2.09. The Balaban J connectivity index is 2.15. The standard InChI is InChI=1S/C24H39N4O9PS/c1-14(2)36-21(30)15(3)27-38(33,34-10-11-39-22(31)24(5,6)7)35-13-18-17(16(4)29)12-20(37-18)28-9-8-19(25)26-23(28)32/h8-9,14-15,17-18,20H,10-13H2,1-7H3,(H,27,33)(H2,25,26,32). The van der Waals surface area contributed by atoms with Gasteiger partial charge < -0.3 is 15.2 Å². The Labute approximate surface area is 232 Å². The molecule has 0 aromatic carbocycles. The quantitative estimate of drug-likeness (QED) is 0.195. The number of ether oxygens (including phenoxy) is 2. The first-order valence-corrected chi connectivity index (χ1v) is 15.1. The Morgan fingerprint density at radius 1 is 1.28 bits per heavy atom. The van der Waals surface area contributed by atoms with Crippen molar-refractivity contribution in [1.82, 2.24) is 14.6 Å². The molecule has 1 aromatic heterocycles. The van der Waals surface area contributed by atoms with Crippen molar-refractivity contribution in [2.75, 3.05) is 24.7 Å². The molecule has 5 unspecified atom stereocenters. The lowest BCUT2D eigenvalue weighted by atomic mass is 9.97. The fourth-order valence-electron chi connectivity index (χ4n) is 3.54. The summed E-state index contributed by atoms with van der Waals surface area (Å²) in [5.74, 6) is -1.30. The van der Waals surface area contributed by atoms with Gasteiger partial charge in [-0.2, -0.15) is 4.98 Å². The number of hydrogen-bond donors (Lipinski definition) is 2. The number of nitrogens with two attached hydrogens (primary N) is 1. The molecule has 39 heavy (non-hydrogen) atoms. The molecule has 3 N–H and O–H groups in total. The number of nitrogens with one attached hydrogen (secondary N) is 1. The summed E-state index contributed by atoms with van der Waals surface area (Å²) in [5, 5.41) is 2.50. The fourth-order valence-corrected chi connectivity index (χ4v) is 5.93. The van der Waals surface area contributed by atoms with Crippen molar-refractivity contribution in [2.45, 2.75) is 79.4 Å². The second kappa shape index (κ2) is 14.0. The average molecular weight is 591 g/mol. The van der Waals surface area contributed by atoms with Crippen LogP contribution in [0.15, 0.2) is 17.1 Å². The number of ketones is 1. The molecule has 0 radical (unpaired) electrons. The molecule has 1 aliphatic rings. The third-order valence-electron chi connectivity index (χ3n) is 5.58. The minimum absolute atomic E-state index is 0.0499. The van der Waals surface area contributed by atoms with Crippen LogP contribution in [-0.2, 0) is 37.5 Å². The third kappa shape index (κ3) is 10.1. The Morgan fingerprint density at radius 2 is 1.95 bits per heavy atom. The number of nitrogen functional groups attached to an aromatic ring is 1. The van der Waals surface area contributed by atoms with Gasteiger partial charge in [0.2, 0.25) is 0 Å². The first-order valence-electron chi connectivity index (χ1n) is 12.6. The maximum absolute atomic E-state index is 13.7. The second-order valence-corrected chi connectivity index (χ2v) is 13.3. The molecule has 1 aromatic rings. The van der Waals surface area contributed by atoms with Crippen LogP contribution in [0.25, 0.3) is 0 Å². The lowest BCUT2D eigenvalue weighted by Gasteiger charge is -2.25. The number of aromatic nitrogens is 2. The SMILES string of the molecule is CC(=O)C1CC(n2ccc(N)nc2=O)OC1COP(=O)(NC(C)C(=O)OC(C)C)OCCSC(=O)C(C)(C)C. The van der Waals surface area contributed by atoms with E-state index in [4.69, 9.17) is 24.3 Å². The lowest BCUT2D eigenvalue weighted by molar-refractivity contribution is -0.149. The summed E-state index contributed by atoms with van der Waals surface area (Å²) in [7, 11) is -4.15. The second-order valence-electron chi connectivity index (χ2n) is 10.5. The maximum atomic E-state index is 13.7. The number of esters is 1. The van der Waals surface area contributed by atoms with Gasteiger partial charge in [-0.25, -0.2) is 14.4 Å². The van der Waals surface area contributed by atoms with Gasteiger partial charge in [0, 0.05) is 23.8 Å². The molecular weight excluding hydrogens is 551 g/mol. The van der Waals surface area contributed by atoms with Gasteiger partial charge in [-0.1, -0.05) is 32.5 Å². The molecule has 0 amide bonds. The van der Waals surface area contributed by atoms with Crippen LogP contribution in [0.5, 0.6) is 0 Å². The highest BCUT2D eigenvalue weighted by Crippen LogP contribution is 2.46. The highest BCUT2D eigenvalue weighted by atomic mass is 32.2. The minimum atomic E-state index is -4.15. The van der Waals surface area contributed by atoms with Gasteiger partial charge >= 0.3 is 19.4 Å². The zero-order valence-electron chi connectivity index (χ0n) is 23.4. The highest BCUT2D eigenvalue weighted by Gasteiger charge is 2.41. The van der Waals surface area contributed by atoms with Crippen molar-refractivity contribution in [3.63, 3.8) is 0 Å². The van der Waals surface area contributed by atoms with E-state index < -0.39 is 55.2 Å². The van der Waals surface area contributed by atoms with E-state index in [1.165, 1.54) is 30.7 Å². The predicted octanol–water partition coefficient (Wildman–Crippen LogP) is 2.70. The van der Waals surface area contributed by atoms with Crippen molar-refractivity contribution >= 4 is 42.2 Å². The van der Waals surface area contributed by atoms with E-state index in [1.54, 1.807) is 34.6 Å². The van der Waals surface area contributed by atoms with E-state index in [0.29, 0.717) is 0 Å². The van der Waals surface area contributed by atoms with Gasteiger partial charge in [0.05, 0.1) is 31.3 Å². The summed E-state index contributed by atoms with van der Waals surface area (Å²) in [6.45, 7) is 11.1. The molecule has 1 fully saturated rings. The molecule has 15 heteroatoms. The van der Waals surface area contributed by atoms with E-state index in [9.17, 15) is 23.7 Å². The van der Waals surface area contributed by atoms with E-state index in [0.717, 1.165) is 11.8 Å². The van der Waals surface area contributed by atoms with E-state index in [2.05, 4.69) is 10.1 Å². The molecular formula is C24H39N4O9PS. The van der Waals surface area contributed by atoms with Crippen molar-refractivity contribution in [3.05, 3.63) is 22.7 Å².